The number of rotatable bonds is 6. The first kappa shape index (κ1) is 17.9. The van der Waals surface area contributed by atoms with Crippen LogP contribution in [0.5, 0.6) is 0 Å². The number of anilines is 2. The fraction of sp³-hybridized carbons (Fsp3) is 0.150. The van der Waals surface area contributed by atoms with Crippen molar-refractivity contribution < 1.29 is 4.79 Å². The Morgan fingerprint density at radius 1 is 1.08 bits per heavy atom. The predicted octanol–water partition coefficient (Wildman–Crippen LogP) is 4.22. The van der Waals surface area contributed by atoms with E-state index in [0.29, 0.717) is 29.8 Å². The van der Waals surface area contributed by atoms with Crippen LogP contribution in [0.15, 0.2) is 66.9 Å². The molecule has 0 unspecified atom stereocenters. The molecule has 0 radical (unpaired) electrons. The number of nitrogens with zero attached hydrogens (tertiary/aromatic N) is 3. The molecule has 1 amide bonds. The van der Waals surface area contributed by atoms with Crippen molar-refractivity contribution in [2.75, 3.05) is 11.4 Å². The summed E-state index contributed by atoms with van der Waals surface area (Å²) in [4.78, 5) is 23.1. The van der Waals surface area contributed by atoms with Gasteiger partial charge in [0.05, 0.1) is 0 Å². The maximum atomic E-state index is 12.4. The third-order valence-corrected chi connectivity index (χ3v) is 4.12. The van der Waals surface area contributed by atoms with Crippen LogP contribution in [0.1, 0.15) is 23.0 Å². The predicted molar refractivity (Wildman–Crippen MR) is 104 cm³/mol. The molecule has 0 aliphatic carbocycles. The van der Waals surface area contributed by atoms with Gasteiger partial charge in [0, 0.05) is 30.0 Å². The van der Waals surface area contributed by atoms with E-state index in [-0.39, 0.29) is 5.91 Å². The Bertz CT molecular complexity index is 868. The van der Waals surface area contributed by atoms with E-state index in [1.807, 2.05) is 54.3 Å². The first-order chi connectivity index (χ1) is 12.7. The van der Waals surface area contributed by atoms with Gasteiger partial charge in [-0.15, -0.1) is 0 Å². The Morgan fingerprint density at radius 3 is 2.50 bits per heavy atom. The zero-order valence-corrected chi connectivity index (χ0v) is 15.1. The zero-order valence-electron chi connectivity index (χ0n) is 14.4. The molecule has 0 fully saturated rings. The van der Waals surface area contributed by atoms with Gasteiger partial charge in [0.15, 0.2) is 0 Å². The summed E-state index contributed by atoms with van der Waals surface area (Å²) in [6, 6.07) is 18.8. The highest BCUT2D eigenvalue weighted by Crippen LogP contribution is 2.21. The van der Waals surface area contributed by atoms with Gasteiger partial charge in [0.2, 0.25) is 5.95 Å². The summed E-state index contributed by atoms with van der Waals surface area (Å²) in [5.74, 6) is 0.255. The van der Waals surface area contributed by atoms with Crippen molar-refractivity contribution >= 4 is 29.1 Å². The smallest absolute Gasteiger partial charge is 0.270 e. The molecule has 0 saturated heterocycles. The van der Waals surface area contributed by atoms with Crippen molar-refractivity contribution in [1.82, 2.24) is 15.3 Å². The largest absolute Gasteiger partial charge is 0.347 e. The molecule has 0 spiro atoms. The van der Waals surface area contributed by atoms with Gasteiger partial charge in [-0.2, -0.15) is 0 Å². The number of carbonyl (C=O) groups is 1. The topological polar surface area (TPSA) is 58.1 Å². The van der Waals surface area contributed by atoms with Gasteiger partial charge < -0.3 is 10.2 Å². The number of halogens is 1. The van der Waals surface area contributed by atoms with Crippen molar-refractivity contribution in [3.8, 4) is 0 Å². The maximum absolute atomic E-state index is 12.4. The first-order valence-electron chi connectivity index (χ1n) is 8.35. The van der Waals surface area contributed by atoms with Crippen LogP contribution < -0.4 is 10.2 Å². The lowest BCUT2D eigenvalue weighted by Gasteiger charge is -2.21. The van der Waals surface area contributed by atoms with E-state index in [1.54, 1.807) is 24.4 Å². The van der Waals surface area contributed by atoms with Gasteiger partial charge in [-0.05, 0) is 42.8 Å². The molecule has 1 heterocycles. The van der Waals surface area contributed by atoms with Crippen molar-refractivity contribution in [2.24, 2.45) is 0 Å². The number of hydrogen-bond acceptors (Lipinski definition) is 4. The second kappa shape index (κ2) is 8.45. The number of carbonyl (C=O) groups excluding carboxylic acids is 1. The van der Waals surface area contributed by atoms with E-state index in [1.165, 1.54) is 0 Å². The molecule has 3 rings (SSSR count). The molecular weight excluding hydrogens is 348 g/mol. The Hall–Kier alpha value is -2.92. The van der Waals surface area contributed by atoms with Crippen molar-refractivity contribution in [2.45, 2.75) is 13.5 Å². The molecular formula is C20H19ClN4O. The third kappa shape index (κ3) is 4.37. The summed E-state index contributed by atoms with van der Waals surface area (Å²) >= 11 is 5.87. The summed E-state index contributed by atoms with van der Waals surface area (Å²) in [5.41, 5.74) is 2.28. The second-order valence-corrected chi connectivity index (χ2v) is 6.07. The van der Waals surface area contributed by atoms with Crippen molar-refractivity contribution in [3.05, 3.63) is 83.1 Å². The standard InChI is InChI=1S/C20H19ClN4O/c1-2-25(17-6-4-3-5-7-17)20-22-13-12-18(24-20)19(26)23-14-15-8-10-16(21)11-9-15/h3-13H,2,14H2,1H3,(H,23,26). The molecule has 3 aromatic rings. The van der Waals surface area contributed by atoms with Gasteiger partial charge >= 0.3 is 0 Å². The number of benzene rings is 2. The molecule has 1 N–H and O–H groups in total. The molecule has 5 nitrogen and oxygen atoms in total. The summed E-state index contributed by atoms with van der Waals surface area (Å²) in [5, 5.41) is 3.54. The minimum Gasteiger partial charge on any atom is -0.347 e. The maximum Gasteiger partial charge on any atom is 0.270 e. The summed E-state index contributed by atoms with van der Waals surface area (Å²) in [6.07, 6.45) is 1.60. The van der Waals surface area contributed by atoms with Crippen LogP contribution in [0.25, 0.3) is 0 Å². The quantitative estimate of drug-likeness (QED) is 0.709. The normalized spacial score (nSPS) is 10.4. The van der Waals surface area contributed by atoms with Crippen LogP contribution in [0.3, 0.4) is 0 Å². The van der Waals surface area contributed by atoms with Crippen LogP contribution in [0.2, 0.25) is 5.02 Å². The number of nitrogens with one attached hydrogen (secondary N) is 1. The Kier molecular flexibility index (Phi) is 5.81. The molecule has 0 aliphatic heterocycles. The third-order valence-electron chi connectivity index (χ3n) is 3.87. The monoisotopic (exact) mass is 366 g/mol. The van der Waals surface area contributed by atoms with Crippen molar-refractivity contribution in [1.29, 1.82) is 0 Å². The lowest BCUT2D eigenvalue weighted by atomic mass is 10.2. The molecule has 0 saturated carbocycles. The average Bonchev–Trinajstić information content (AvgIpc) is 2.69. The van der Waals surface area contributed by atoms with E-state index < -0.39 is 0 Å². The fourth-order valence-corrected chi connectivity index (χ4v) is 2.65. The Balaban J connectivity index is 1.73. The average molecular weight is 367 g/mol. The molecule has 132 valence electrons. The summed E-state index contributed by atoms with van der Waals surface area (Å²) < 4.78 is 0. The van der Waals surface area contributed by atoms with E-state index >= 15 is 0 Å². The highest BCUT2D eigenvalue weighted by atomic mass is 35.5. The highest BCUT2D eigenvalue weighted by molar-refractivity contribution is 6.30. The van der Waals surface area contributed by atoms with Crippen LogP contribution in [0.4, 0.5) is 11.6 Å². The fourth-order valence-electron chi connectivity index (χ4n) is 2.53. The number of para-hydroxylation sites is 1. The van der Waals surface area contributed by atoms with E-state index in [9.17, 15) is 4.79 Å². The number of hydrogen-bond donors (Lipinski definition) is 1. The number of amides is 1. The van der Waals surface area contributed by atoms with Gasteiger partial charge in [0.25, 0.3) is 5.91 Å². The summed E-state index contributed by atoms with van der Waals surface area (Å²) in [7, 11) is 0. The Morgan fingerprint density at radius 2 is 1.81 bits per heavy atom. The molecule has 2 aromatic carbocycles. The zero-order chi connectivity index (χ0) is 18.4. The highest BCUT2D eigenvalue weighted by Gasteiger charge is 2.13. The summed E-state index contributed by atoms with van der Waals surface area (Å²) in [6.45, 7) is 3.12. The first-order valence-corrected chi connectivity index (χ1v) is 8.73. The van der Waals surface area contributed by atoms with Gasteiger partial charge in [0.1, 0.15) is 5.69 Å². The SMILES string of the molecule is CCN(c1ccccc1)c1nccc(C(=O)NCc2ccc(Cl)cc2)n1. The molecule has 6 heteroatoms. The van der Waals surface area contributed by atoms with E-state index in [2.05, 4.69) is 15.3 Å². The Labute approximate surface area is 157 Å². The number of aromatic nitrogens is 2. The lowest BCUT2D eigenvalue weighted by molar-refractivity contribution is 0.0946. The minimum absolute atomic E-state index is 0.243. The second-order valence-electron chi connectivity index (χ2n) is 5.63. The molecule has 0 atom stereocenters. The van der Waals surface area contributed by atoms with E-state index in [4.69, 9.17) is 11.6 Å². The van der Waals surface area contributed by atoms with Gasteiger partial charge in [-0.25, -0.2) is 9.97 Å². The van der Waals surface area contributed by atoms with Gasteiger partial charge in [-0.3, -0.25) is 4.79 Å². The minimum atomic E-state index is -0.243. The van der Waals surface area contributed by atoms with Crippen molar-refractivity contribution in [3.63, 3.8) is 0 Å². The van der Waals surface area contributed by atoms with Crippen LogP contribution in [-0.2, 0) is 6.54 Å². The van der Waals surface area contributed by atoms with Crippen LogP contribution in [-0.4, -0.2) is 22.4 Å². The van der Waals surface area contributed by atoms with E-state index in [0.717, 1.165) is 11.3 Å². The van der Waals surface area contributed by atoms with Crippen LogP contribution in [0, 0.1) is 0 Å². The van der Waals surface area contributed by atoms with Gasteiger partial charge in [-0.1, -0.05) is 41.9 Å². The lowest BCUT2D eigenvalue weighted by Crippen LogP contribution is -2.25. The molecule has 0 aliphatic rings. The molecule has 26 heavy (non-hydrogen) atoms. The molecule has 1 aromatic heterocycles. The van der Waals surface area contributed by atoms with Crippen LogP contribution >= 0.6 is 11.6 Å². The molecule has 0 bridgehead atoms.